The summed E-state index contributed by atoms with van der Waals surface area (Å²) < 4.78 is 0. The summed E-state index contributed by atoms with van der Waals surface area (Å²) in [4.78, 5) is 20.3. The van der Waals surface area contributed by atoms with Crippen LogP contribution in [0.25, 0.3) is 0 Å². The molecule has 1 aliphatic rings. The maximum atomic E-state index is 11.8. The van der Waals surface area contributed by atoms with Crippen LogP contribution in [0.2, 0.25) is 0 Å². The quantitative estimate of drug-likeness (QED) is 0.565. The number of hydrogen-bond donors (Lipinski definition) is 2. The highest BCUT2D eigenvalue weighted by Gasteiger charge is 2.31. The van der Waals surface area contributed by atoms with E-state index in [0.717, 1.165) is 25.6 Å². The van der Waals surface area contributed by atoms with Crippen LogP contribution < -0.4 is 10.6 Å². The van der Waals surface area contributed by atoms with Crippen molar-refractivity contribution < 1.29 is 4.79 Å². The van der Waals surface area contributed by atoms with Crippen LogP contribution in [0, 0.1) is 11.8 Å². The van der Waals surface area contributed by atoms with Gasteiger partial charge in [-0.15, -0.1) is 0 Å². The first-order chi connectivity index (χ1) is 10.7. The van der Waals surface area contributed by atoms with E-state index in [1.54, 1.807) is 19.0 Å². The summed E-state index contributed by atoms with van der Waals surface area (Å²) in [5.74, 6) is 1.85. The van der Waals surface area contributed by atoms with Crippen LogP contribution in [0.5, 0.6) is 0 Å². The van der Waals surface area contributed by atoms with Crippen molar-refractivity contribution in [2.45, 2.75) is 46.7 Å². The van der Waals surface area contributed by atoms with Crippen LogP contribution in [0.15, 0.2) is 4.99 Å². The summed E-state index contributed by atoms with van der Waals surface area (Å²) in [7, 11) is 3.51. The standard InChI is InChI=1S/C17H35N5O/c1-12(2)8-18-17(19-9-16(23)21(6)7)20-15-11-22(13(3)4)10-14(15)5/h12-15H,8-11H2,1-7H3,(H2,18,19,20). The zero-order valence-corrected chi connectivity index (χ0v) is 15.9. The second-order valence-corrected chi connectivity index (χ2v) is 7.50. The number of carbonyl (C=O) groups excluding carboxylic acids is 1. The molecule has 0 spiro atoms. The van der Waals surface area contributed by atoms with Crippen molar-refractivity contribution in [3.63, 3.8) is 0 Å². The first-order valence-corrected chi connectivity index (χ1v) is 8.69. The van der Waals surface area contributed by atoms with Gasteiger partial charge in [0.15, 0.2) is 5.96 Å². The third-order valence-electron chi connectivity index (χ3n) is 4.24. The molecule has 0 aliphatic carbocycles. The van der Waals surface area contributed by atoms with Crippen LogP contribution in [-0.4, -0.2) is 74.0 Å². The molecule has 0 saturated carbocycles. The van der Waals surface area contributed by atoms with Gasteiger partial charge in [0.25, 0.3) is 0 Å². The summed E-state index contributed by atoms with van der Waals surface area (Å²) >= 11 is 0. The van der Waals surface area contributed by atoms with Gasteiger partial charge in [-0.2, -0.15) is 0 Å². The Morgan fingerprint density at radius 2 is 1.91 bits per heavy atom. The van der Waals surface area contributed by atoms with E-state index in [0.29, 0.717) is 23.9 Å². The SMILES string of the molecule is CC(C)CNC(=NCC(=O)N(C)C)NC1CN(C(C)C)CC1C. The zero-order valence-electron chi connectivity index (χ0n) is 15.9. The minimum absolute atomic E-state index is 0.0129. The van der Waals surface area contributed by atoms with Crippen molar-refractivity contribution in [2.75, 3.05) is 40.3 Å². The van der Waals surface area contributed by atoms with E-state index >= 15 is 0 Å². The molecule has 0 aromatic rings. The normalized spacial score (nSPS) is 22.7. The predicted molar refractivity (Wildman–Crippen MR) is 96.6 cm³/mol. The number of carbonyl (C=O) groups is 1. The molecule has 0 aromatic carbocycles. The summed E-state index contributed by atoms with van der Waals surface area (Å²) in [6, 6.07) is 0.925. The number of likely N-dealkylation sites (tertiary alicyclic amines) is 1. The van der Waals surface area contributed by atoms with Crippen molar-refractivity contribution in [1.29, 1.82) is 0 Å². The third-order valence-corrected chi connectivity index (χ3v) is 4.24. The number of hydrogen-bond acceptors (Lipinski definition) is 3. The zero-order chi connectivity index (χ0) is 17.6. The van der Waals surface area contributed by atoms with Crippen molar-refractivity contribution >= 4 is 11.9 Å². The van der Waals surface area contributed by atoms with E-state index in [1.165, 1.54) is 0 Å². The molecule has 2 N–H and O–H groups in total. The molecule has 6 heteroatoms. The Labute approximate surface area is 141 Å². The molecule has 134 valence electrons. The highest BCUT2D eigenvalue weighted by Crippen LogP contribution is 2.18. The number of nitrogens with zero attached hydrogens (tertiary/aromatic N) is 3. The Morgan fingerprint density at radius 1 is 1.26 bits per heavy atom. The second-order valence-electron chi connectivity index (χ2n) is 7.50. The van der Waals surface area contributed by atoms with Gasteiger partial charge >= 0.3 is 0 Å². The van der Waals surface area contributed by atoms with Gasteiger partial charge in [0.05, 0.1) is 0 Å². The van der Waals surface area contributed by atoms with Crippen LogP contribution in [0.1, 0.15) is 34.6 Å². The Morgan fingerprint density at radius 3 is 2.39 bits per heavy atom. The number of amides is 1. The topological polar surface area (TPSA) is 60.0 Å². The third kappa shape index (κ3) is 6.77. The number of guanidine groups is 1. The summed E-state index contributed by atoms with van der Waals surface area (Å²) in [5.41, 5.74) is 0. The minimum Gasteiger partial charge on any atom is -0.356 e. The molecule has 1 rings (SSSR count). The van der Waals surface area contributed by atoms with Crippen molar-refractivity contribution in [1.82, 2.24) is 20.4 Å². The molecular formula is C17H35N5O. The molecule has 1 fully saturated rings. The van der Waals surface area contributed by atoms with Gasteiger partial charge in [-0.05, 0) is 25.7 Å². The second kappa shape index (κ2) is 9.11. The van der Waals surface area contributed by atoms with E-state index in [-0.39, 0.29) is 12.5 Å². The van der Waals surface area contributed by atoms with E-state index in [1.807, 2.05) is 0 Å². The Bertz CT molecular complexity index is 406. The molecule has 0 aromatic heterocycles. The summed E-state index contributed by atoms with van der Waals surface area (Å²) in [6.45, 7) is 14.2. The van der Waals surface area contributed by atoms with Crippen LogP contribution in [0.3, 0.4) is 0 Å². The predicted octanol–water partition coefficient (Wildman–Crippen LogP) is 0.995. The van der Waals surface area contributed by atoms with Crippen molar-refractivity contribution in [3.8, 4) is 0 Å². The first kappa shape index (κ1) is 19.7. The smallest absolute Gasteiger partial charge is 0.243 e. The number of likely N-dealkylation sites (N-methyl/N-ethyl adjacent to an activating group) is 1. The average Bonchev–Trinajstić information content (AvgIpc) is 2.82. The van der Waals surface area contributed by atoms with Gasteiger partial charge in [-0.3, -0.25) is 9.69 Å². The summed E-state index contributed by atoms with van der Waals surface area (Å²) in [6.07, 6.45) is 0. The number of nitrogens with one attached hydrogen (secondary N) is 2. The van der Waals surface area contributed by atoms with Gasteiger partial charge in [-0.25, -0.2) is 4.99 Å². The fourth-order valence-corrected chi connectivity index (χ4v) is 2.53. The summed E-state index contributed by atoms with van der Waals surface area (Å²) in [5, 5.41) is 6.88. The molecule has 23 heavy (non-hydrogen) atoms. The maximum Gasteiger partial charge on any atom is 0.243 e. The fraction of sp³-hybridized carbons (Fsp3) is 0.882. The molecular weight excluding hydrogens is 290 g/mol. The van der Waals surface area contributed by atoms with Gasteiger partial charge < -0.3 is 15.5 Å². The molecule has 1 saturated heterocycles. The van der Waals surface area contributed by atoms with E-state index in [9.17, 15) is 4.79 Å². The number of aliphatic imine (C=N–C) groups is 1. The van der Waals surface area contributed by atoms with E-state index in [2.05, 4.69) is 55.1 Å². The van der Waals surface area contributed by atoms with E-state index < -0.39 is 0 Å². The van der Waals surface area contributed by atoms with Crippen LogP contribution in [-0.2, 0) is 4.79 Å². The molecule has 1 amide bonds. The Balaban J connectivity index is 2.68. The average molecular weight is 326 g/mol. The molecule has 0 radical (unpaired) electrons. The lowest BCUT2D eigenvalue weighted by Crippen LogP contribution is -2.48. The van der Waals surface area contributed by atoms with Gasteiger partial charge in [0.1, 0.15) is 6.54 Å². The highest BCUT2D eigenvalue weighted by molar-refractivity contribution is 5.85. The fourth-order valence-electron chi connectivity index (χ4n) is 2.53. The molecule has 1 heterocycles. The van der Waals surface area contributed by atoms with Crippen LogP contribution >= 0.6 is 0 Å². The first-order valence-electron chi connectivity index (χ1n) is 8.69. The molecule has 2 unspecified atom stereocenters. The van der Waals surface area contributed by atoms with Gasteiger partial charge in [0, 0.05) is 45.8 Å². The molecule has 0 bridgehead atoms. The van der Waals surface area contributed by atoms with Crippen molar-refractivity contribution in [3.05, 3.63) is 0 Å². The maximum absolute atomic E-state index is 11.8. The van der Waals surface area contributed by atoms with Gasteiger partial charge in [0.2, 0.25) is 5.91 Å². The molecule has 1 aliphatic heterocycles. The minimum atomic E-state index is 0.0129. The monoisotopic (exact) mass is 325 g/mol. The van der Waals surface area contributed by atoms with Gasteiger partial charge in [-0.1, -0.05) is 20.8 Å². The van der Waals surface area contributed by atoms with Crippen LogP contribution in [0.4, 0.5) is 0 Å². The highest BCUT2D eigenvalue weighted by atomic mass is 16.2. The van der Waals surface area contributed by atoms with E-state index in [4.69, 9.17) is 0 Å². The number of rotatable bonds is 6. The lowest BCUT2D eigenvalue weighted by atomic mass is 10.1. The lowest BCUT2D eigenvalue weighted by Gasteiger charge is -2.22. The largest absolute Gasteiger partial charge is 0.356 e. The Hall–Kier alpha value is -1.30. The van der Waals surface area contributed by atoms with Crippen molar-refractivity contribution in [2.24, 2.45) is 16.8 Å². The Kier molecular flexibility index (Phi) is 7.82. The molecule has 6 nitrogen and oxygen atoms in total. The lowest BCUT2D eigenvalue weighted by molar-refractivity contribution is -0.127. The molecule has 2 atom stereocenters.